The minimum absolute atomic E-state index is 0.560. The minimum atomic E-state index is 0.560. The van der Waals surface area contributed by atoms with Gasteiger partial charge in [0.25, 0.3) is 0 Å². The van der Waals surface area contributed by atoms with Crippen molar-refractivity contribution in [3.8, 4) is 0 Å². The molecule has 0 aromatic rings. The van der Waals surface area contributed by atoms with Gasteiger partial charge in [0.2, 0.25) is 0 Å². The van der Waals surface area contributed by atoms with E-state index in [0.29, 0.717) is 5.92 Å². The smallest absolute Gasteiger partial charge is 0.0299 e. The fourth-order valence-electron chi connectivity index (χ4n) is 0.829. The fraction of sp³-hybridized carbons (Fsp3) is 0.545. The third-order valence-electron chi connectivity index (χ3n) is 1.56. The highest BCUT2D eigenvalue weighted by molar-refractivity contribution is 5.79. The van der Waals surface area contributed by atoms with Crippen molar-refractivity contribution in [1.82, 2.24) is 0 Å². The first kappa shape index (κ1) is 11.2. The van der Waals surface area contributed by atoms with Crippen LogP contribution < -0.4 is 0 Å². The van der Waals surface area contributed by atoms with E-state index in [4.69, 9.17) is 0 Å². The van der Waals surface area contributed by atoms with Gasteiger partial charge in [0.05, 0.1) is 0 Å². The van der Waals surface area contributed by atoms with E-state index >= 15 is 0 Å². The van der Waals surface area contributed by atoms with Crippen molar-refractivity contribution < 1.29 is 0 Å². The van der Waals surface area contributed by atoms with Gasteiger partial charge in [-0.05, 0) is 32.3 Å². The van der Waals surface area contributed by atoms with Gasteiger partial charge in [-0.1, -0.05) is 25.5 Å². The summed E-state index contributed by atoms with van der Waals surface area (Å²) in [5.41, 5.74) is 2.51. The van der Waals surface area contributed by atoms with Crippen LogP contribution in [-0.2, 0) is 0 Å². The average molecular weight is 165 g/mol. The Labute approximate surface area is 75.9 Å². The number of allylic oxidation sites excluding steroid dienone is 3. The highest BCUT2D eigenvalue weighted by atomic mass is 14.7. The molecular formula is C11H19N. The molecule has 0 aliphatic heterocycles. The van der Waals surface area contributed by atoms with Crippen molar-refractivity contribution >= 4 is 6.21 Å². The summed E-state index contributed by atoms with van der Waals surface area (Å²) in [6.07, 6.45) is 5.91. The van der Waals surface area contributed by atoms with Gasteiger partial charge in [-0.3, -0.25) is 4.99 Å². The van der Waals surface area contributed by atoms with E-state index in [1.54, 1.807) is 0 Å². The van der Waals surface area contributed by atoms with Gasteiger partial charge < -0.3 is 0 Å². The van der Waals surface area contributed by atoms with E-state index in [9.17, 15) is 0 Å². The van der Waals surface area contributed by atoms with Crippen molar-refractivity contribution in [3.05, 3.63) is 23.4 Å². The summed E-state index contributed by atoms with van der Waals surface area (Å²) in [6, 6.07) is 0. The van der Waals surface area contributed by atoms with E-state index < -0.39 is 0 Å². The lowest BCUT2D eigenvalue weighted by atomic mass is 10.1. The van der Waals surface area contributed by atoms with Gasteiger partial charge in [-0.2, -0.15) is 0 Å². The molecule has 1 heteroatoms. The fourth-order valence-corrected chi connectivity index (χ4v) is 0.829. The van der Waals surface area contributed by atoms with Gasteiger partial charge in [-0.25, -0.2) is 0 Å². The van der Waals surface area contributed by atoms with Crippen LogP contribution in [0, 0.1) is 5.92 Å². The largest absolute Gasteiger partial charge is 0.265 e. The molecule has 0 unspecified atom stereocenters. The molecule has 0 spiro atoms. The lowest BCUT2D eigenvalue weighted by Crippen LogP contribution is -1.93. The van der Waals surface area contributed by atoms with Gasteiger partial charge in [0.1, 0.15) is 0 Å². The van der Waals surface area contributed by atoms with E-state index in [-0.39, 0.29) is 0 Å². The normalized spacial score (nSPS) is 12.7. The average Bonchev–Trinajstić information content (AvgIpc) is 1.96. The Hall–Kier alpha value is -0.850. The molecule has 0 amide bonds. The predicted octanol–water partition coefficient (Wildman–Crippen LogP) is 3.58. The van der Waals surface area contributed by atoms with Gasteiger partial charge in [0, 0.05) is 12.4 Å². The molecule has 0 heterocycles. The molecular weight excluding hydrogens is 146 g/mol. The molecule has 0 N–H and O–H groups in total. The summed E-state index contributed by atoms with van der Waals surface area (Å²) < 4.78 is 0. The van der Waals surface area contributed by atoms with Gasteiger partial charge >= 0.3 is 0 Å². The zero-order valence-corrected chi connectivity index (χ0v) is 8.76. The lowest BCUT2D eigenvalue weighted by Gasteiger charge is -2.02. The Balaban J connectivity index is 4.23. The molecule has 0 fully saturated rings. The number of nitrogens with zero attached hydrogens (tertiary/aromatic N) is 1. The number of rotatable bonds is 3. The van der Waals surface area contributed by atoms with E-state index in [2.05, 4.69) is 24.9 Å². The Morgan fingerprint density at radius 2 is 1.83 bits per heavy atom. The quantitative estimate of drug-likeness (QED) is 0.567. The second-order valence-corrected chi connectivity index (χ2v) is 3.43. The first-order valence-electron chi connectivity index (χ1n) is 4.40. The second kappa shape index (κ2) is 5.76. The summed E-state index contributed by atoms with van der Waals surface area (Å²) in [5.74, 6) is 0.560. The van der Waals surface area contributed by atoms with Crippen molar-refractivity contribution in [2.75, 3.05) is 0 Å². The zero-order chi connectivity index (χ0) is 9.56. The van der Waals surface area contributed by atoms with Crippen LogP contribution in [0.3, 0.4) is 0 Å². The Morgan fingerprint density at radius 1 is 1.25 bits per heavy atom. The highest BCUT2D eigenvalue weighted by Gasteiger charge is 1.95. The van der Waals surface area contributed by atoms with Crippen molar-refractivity contribution in [2.45, 2.75) is 34.6 Å². The Bertz CT molecular complexity index is 203. The summed E-state index contributed by atoms with van der Waals surface area (Å²) in [7, 11) is 0. The molecule has 0 saturated carbocycles. The maximum atomic E-state index is 4.21. The summed E-state index contributed by atoms with van der Waals surface area (Å²) in [5, 5.41) is 0. The molecule has 1 nitrogen and oxygen atoms in total. The summed E-state index contributed by atoms with van der Waals surface area (Å²) >= 11 is 0. The van der Waals surface area contributed by atoms with Crippen LogP contribution in [0.4, 0.5) is 0 Å². The molecule has 0 radical (unpaired) electrons. The summed E-state index contributed by atoms with van der Waals surface area (Å²) in [6.45, 7) is 10.5. The van der Waals surface area contributed by atoms with Crippen LogP contribution in [0.15, 0.2) is 28.4 Å². The van der Waals surface area contributed by atoms with Crippen LogP contribution in [-0.4, -0.2) is 6.21 Å². The third kappa shape index (κ3) is 4.89. The number of hydrogen-bond acceptors (Lipinski definition) is 1. The molecule has 0 aliphatic rings. The van der Waals surface area contributed by atoms with Crippen LogP contribution in [0.25, 0.3) is 0 Å². The molecule has 0 atom stereocenters. The van der Waals surface area contributed by atoms with Gasteiger partial charge in [0.15, 0.2) is 0 Å². The maximum absolute atomic E-state index is 4.21. The molecule has 0 aromatic carbocycles. The molecule has 0 aromatic heterocycles. The molecule has 68 valence electrons. The maximum Gasteiger partial charge on any atom is 0.0299 e. The topological polar surface area (TPSA) is 12.4 Å². The summed E-state index contributed by atoms with van der Waals surface area (Å²) in [4.78, 5) is 4.21. The SMILES string of the molecule is C/C=C(\C=N/C=C(C)C)C(C)C. The van der Waals surface area contributed by atoms with Crippen LogP contribution in [0.5, 0.6) is 0 Å². The first-order valence-corrected chi connectivity index (χ1v) is 4.40. The van der Waals surface area contributed by atoms with E-state index in [0.717, 1.165) is 0 Å². The van der Waals surface area contributed by atoms with Crippen LogP contribution in [0.1, 0.15) is 34.6 Å². The van der Waals surface area contributed by atoms with Gasteiger partial charge in [-0.15, -0.1) is 0 Å². The minimum Gasteiger partial charge on any atom is -0.265 e. The predicted molar refractivity (Wildman–Crippen MR) is 56.5 cm³/mol. The van der Waals surface area contributed by atoms with E-state index in [1.165, 1.54) is 11.1 Å². The highest BCUT2D eigenvalue weighted by Crippen LogP contribution is 2.06. The molecule has 0 saturated heterocycles. The Kier molecular flexibility index (Phi) is 5.35. The van der Waals surface area contributed by atoms with E-state index in [1.807, 2.05) is 33.2 Å². The third-order valence-corrected chi connectivity index (χ3v) is 1.56. The van der Waals surface area contributed by atoms with Crippen molar-refractivity contribution in [2.24, 2.45) is 10.9 Å². The van der Waals surface area contributed by atoms with Crippen LogP contribution in [0.2, 0.25) is 0 Å². The monoisotopic (exact) mass is 165 g/mol. The Morgan fingerprint density at radius 3 is 2.17 bits per heavy atom. The standard InChI is InChI=1S/C11H19N/c1-6-11(10(4)5)8-12-7-9(2)3/h6-8,10H,1-5H3/b11-6+,12-8-. The molecule has 0 bridgehead atoms. The van der Waals surface area contributed by atoms with Crippen molar-refractivity contribution in [1.29, 1.82) is 0 Å². The van der Waals surface area contributed by atoms with Crippen molar-refractivity contribution in [3.63, 3.8) is 0 Å². The first-order chi connectivity index (χ1) is 5.57. The molecule has 12 heavy (non-hydrogen) atoms. The van der Waals surface area contributed by atoms with Crippen LogP contribution >= 0.6 is 0 Å². The lowest BCUT2D eigenvalue weighted by molar-refractivity contribution is 0.805. The second-order valence-electron chi connectivity index (χ2n) is 3.43. The number of hydrogen-bond donors (Lipinski definition) is 0. The molecule has 0 rings (SSSR count). The number of aliphatic imine (C=N–C) groups is 1. The zero-order valence-electron chi connectivity index (χ0n) is 8.76. The molecule has 0 aliphatic carbocycles.